The molecule has 2 heterocycles. The summed E-state index contributed by atoms with van der Waals surface area (Å²) in [7, 11) is 0. The lowest BCUT2D eigenvalue weighted by molar-refractivity contribution is -0.148. The molecule has 7 heteroatoms. The predicted octanol–water partition coefficient (Wildman–Crippen LogP) is 2.28. The number of hydrogen-bond acceptors (Lipinski definition) is 6. The van der Waals surface area contributed by atoms with Crippen molar-refractivity contribution in [2.75, 3.05) is 19.6 Å². The number of carbonyl (C=O) groups excluding carboxylic acids is 2. The van der Waals surface area contributed by atoms with E-state index in [4.69, 9.17) is 5.73 Å². The van der Waals surface area contributed by atoms with Crippen molar-refractivity contribution in [3.05, 3.63) is 65.0 Å². The van der Waals surface area contributed by atoms with E-state index in [1.54, 1.807) is 18.5 Å². The molecule has 3 rings (SSSR count). The highest BCUT2D eigenvalue weighted by atomic mass is 16.2. The van der Waals surface area contributed by atoms with Crippen LogP contribution in [0.2, 0.25) is 0 Å². The molecule has 1 unspecified atom stereocenters. The molecule has 162 valence electrons. The topological polar surface area (TPSA) is 103 Å². The van der Waals surface area contributed by atoms with Gasteiger partial charge in [-0.1, -0.05) is 35.4 Å². The number of amides is 2. The number of pyridine rings is 1. The Balaban J connectivity index is 1.85. The fraction of sp³-hybridized carbons (Fsp3) is 0.417. The summed E-state index contributed by atoms with van der Waals surface area (Å²) in [5.74, 6) is -0.948. The summed E-state index contributed by atoms with van der Waals surface area (Å²) in [6, 6.07) is 10.0. The van der Waals surface area contributed by atoms with Crippen molar-refractivity contribution in [1.29, 1.82) is 5.26 Å². The predicted molar refractivity (Wildman–Crippen MR) is 118 cm³/mol. The van der Waals surface area contributed by atoms with E-state index in [9.17, 15) is 14.9 Å². The lowest BCUT2D eigenvalue weighted by Crippen LogP contribution is -2.51. The van der Waals surface area contributed by atoms with Gasteiger partial charge in [-0.3, -0.25) is 24.4 Å². The molecule has 7 nitrogen and oxygen atoms in total. The Morgan fingerprint density at radius 3 is 2.45 bits per heavy atom. The van der Waals surface area contributed by atoms with Gasteiger partial charge in [0.05, 0.1) is 12.1 Å². The third-order valence-corrected chi connectivity index (χ3v) is 5.56. The molecule has 0 radical (unpaired) electrons. The monoisotopic (exact) mass is 419 g/mol. The molecule has 1 aromatic heterocycles. The Kier molecular flexibility index (Phi) is 7.50. The molecule has 1 saturated heterocycles. The largest absolute Gasteiger partial charge is 0.320 e. The summed E-state index contributed by atoms with van der Waals surface area (Å²) >= 11 is 0. The van der Waals surface area contributed by atoms with Crippen LogP contribution in [0.5, 0.6) is 0 Å². The minimum absolute atomic E-state index is 0.303. The Hall–Kier alpha value is -3.08. The molecule has 0 bridgehead atoms. The summed E-state index contributed by atoms with van der Waals surface area (Å²) < 4.78 is 0. The van der Waals surface area contributed by atoms with Crippen LogP contribution in [0.1, 0.15) is 41.1 Å². The second-order valence-corrected chi connectivity index (χ2v) is 8.16. The highest BCUT2D eigenvalue weighted by Gasteiger charge is 2.37. The van der Waals surface area contributed by atoms with E-state index in [0.717, 1.165) is 47.5 Å². The third kappa shape index (κ3) is 5.54. The summed E-state index contributed by atoms with van der Waals surface area (Å²) in [6.45, 7) is 5.17. The Morgan fingerprint density at radius 1 is 1.19 bits per heavy atom. The number of likely N-dealkylation sites (tertiary alicyclic amines) is 1. The second kappa shape index (κ2) is 10.3. The lowest BCUT2D eigenvalue weighted by Gasteiger charge is -2.31. The van der Waals surface area contributed by atoms with Gasteiger partial charge in [0.15, 0.2) is 0 Å². The van der Waals surface area contributed by atoms with E-state index in [0.29, 0.717) is 12.0 Å². The number of hydrogen-bond donors (Lipinski definition) is 1. The summed E-state index contributed by atoms with van der Waals surface area (Å²) in [5, 5.41) is 9.33. The fourth-order valence-electron chi connectivity index (χ4n) is 4.26. The smallest absolute Gasteiger partial charge is 0.252 e. The first kappa shape index (κ1) is 22.6. The highest BCUT2D eigenvalue weighted by Crippen LogP contribution is 2.27. The molecule has 0 spiro atoms. The maximum atomic E-state index is 13.6. The molecule has 2 amide bonds. The first-order valence-electron chi connectivity index (χ1n) is 10.6. The van der Waals surface area contributed by atoms with Crippen LogP contribution in [0.4, 0.5) is 0 Å². The van der Waals surface area contributed by atoms with E-state index in [-0.39, 0.29) is 6.54 Å². The van der Waals surface area contributed by atoms with E-state index in [1.165, 1.54) is 0 Å². The summed E-state index contributed by atoms with van der Waals surface area (Å²) in [5.41, 5.74) is 10.1. The molecule has 2 N–H and O–H groups in total. The van der Waals surface area contributed by atoms with Crippen LogP contribution in [0.15, 0.2) is 42.7 Å². The van der Waals surface area contributed by atoms with Crippen LogP contribution in [-0.2, 0) is 16.0 Å². The zero-order valence-corrected chi connectivity index (χ0v) is 18.1. The van der Waals surface area contributed by atoms with Crippen LogP contribution >= 0.6 is 0 Å². The molecule has 2 atom stereocenters. The number of nitrogens with two attached hydrogens (primary N) is 1. The minimum Gasteiger partial charge on any atom is -0.320 e. The van der Waals surface area contributed by atoms with Gasteiger partial charge in [-0.15, -0.1) is 0 Å². The van der Waals surface area contributed by atoms with Crippen LogP contribution in [0.3, 0.4) is 0 Å². The fourth-order valence-corrected chi connectivity index (χ4v) is 4.26. The number of nitriles is 1. The van der Waals surface area contributed by atoms with Gasteiger partial charge in [-0.05, 0) is 63.4 Å². The van der Waals surface area contributed by atoms with Crippen molar-refractivity contribution >= 4 is 11.8 Å². The SMILES string of the molecule is Cc1cc(C)cc(C[C@H](N)C(=O)N(CC#N)C(=O)C(c2cccnc2)N2CCCC2)c1. The number of imide groups is 1. The lowest BCUT2D eigenvalue weighted by atomic mass is 10.00. The van der Waals surface area contributed by atoms with Crippen LogP contribution < -0.4 is 5.73 Å². The standard InChI is InChI=1S/C24H29N5O2/c1-17-12-18(2)14-19(13-17)15-21(26)23(30)29(11-7-25)24(31)22(28-9-3-4-10-28)20-6-5-8-27-16-20/h5-6,8,12-14,16,21-22H,3-4,9-11,15,26H2,1-2H3/t21-,22?/m0/s1. The van der Waals surface area contributed by atoms with Crippen molar-refractivity contribution in [2.24, 2.45) is 5.73 Å². The molecule has 31 heavy (non-hydrogen) atoms. The van der Waals surface area contributed by atoms with Crippen molar-refractivity contribution in [3.63, 3.8) is 0 Å². The van der Waals surface area contributed by atoms with Crippen molar-refractivity contribution in [2.45, 2.75) is 45.2 Å². The zero-order chi connectivity index (χ0) is 22.4. The molecule has 1 aliphatic rings. The Labute approximate surface area is 183 Å². The average Bonchev–Trinajstić information content (AvgIpc) is 3.26. The number of rotatable bonds is 7. The minimum atomic E-state index is -0.911. The molecule has 0 saturated carbocycles. The highest BCUT2D eigenvalue weighted by molar-refractivity contribution is 6.00. The van der Waals surface area contributed by atoms with Gasteiger partial charge < -0.3 is 5.73 Å². The summed E-state index contributed by atoms with van der Waals surface area (Å²) in [6.07, 6.45) is 5.57. The molecule has 0 aliphatic carbocycles. The van der Waals surface area contributed by atoms with E-state index < -0.39 is 23.9 Å². The number of carbonyl (C=O) groups is 2. The van der Waals surface area contributed by atoms with E-state index >= 15 is 0 Å². The third-order valence-electron chi connectivity index (χ3n) is 5.56. The number of aryl methyl sites for hydroxylation is 2. The quantitative estimate of drug-likeness (QED) is 0.691. The average molecular weight is 420 g/mol. The first-order valence-corrected chi connectivity index (χ1v) is 10.6. The number of aromatic nitrogens is 1. The molecular formula is C24H29N5O2. The van der Waals surface area contributed by atoms with Gasteiger partial charge in [0.2, 0.25) is 5.91 Å². The Morgan fingerprint density at radius 2 is 1.87 bits per heavy atom. The van der Waals surface area contributed by atoms with Gasteiger partial charge in [0.1, 0.15) is 12.6 Å². The second-order valence-electron chi connectivity index (χ2n) is 8.16. The van der Waals surface area contributed by atoms with Crippen LogP contribution in [0, 0.1) is 25.2 Å². The van der Waals surface area contributed by atoms with Gasteiger partial charge in [-0.2, -0.15) is 5.26 Å². The van der Waals surface area contributed by atoms with Crippen molar-refractivity contribution in [3.8, 4) is 6.07 Å². The zero-order valence-electron chi connectivity index (χ0n) is 18.1. The molecule has 1 fully saturated rings. The van der Waals surface area contributed by atoms with Gasteiger partial charge in [0, 0.05) is 12.4 Å². The Bertz CT molecular complexity index is 943. The molecular weight excluding hydrogens is 390 g/mol. The van der Waals surface area contributed by atoms with Gasteiger partial charge >= 0.3 is 0 Å². The summed E-state index contributed by atoms with van der Waals surface area (Å²) in [4.78, 5) is 34.0. The van der Waals surface area contributed by atoms with E-state index in [1.807, 2.05) is 43.0 Å². The number of benzene rings is 1. The molecule has 1 aromatic carbocycles. The maximum absolute atomic E-state index is 13.6. The van der Waals surface area contributed by atoms with Gasteiger partial charge in [-0.25, -0.2) is 0 Å². The first-order chi connectivity index (χ1) is 14.9. The van der Waals surface area contributed by atoms with E-state index in [2.05, 4.69) is 11.1 Å². The van der Waals surface area contributed by atoms with Gasteiger partial charge in [0.25, 0.3) is 5.91 Å². The number of nitrogens with zero attached hydrogens (tertiary/aromatic N) is 4. The maximum Gasteiger partial charge on any atom is 0.252 e. The molecule has 1 aliphatic heterocycles. The van der Waals surface area contributed by atoms with Crippen molar-refractivity contribution < 1.29 is 9.59 Å². The normalized spacial score (nSPS) is 15.8. The van der Waals surface area contributed by atoms with Crippen LogP contribution in [-0.4, -0.2) is 52.3 Å². The van der Waals surface area contributed by atoms with Crippen molar-refractivity contribution in [1.82, 2.24) is 14.8 Å². The molecule has 2 aromatic rings. The van der Waals surface area contributed by atoms with Crippen LogP contribution in [0.25, 0.3) is 0 Å².